The average Bonchev–Trinajstić information content (AvgIpc) is 2.25. The van der Waals surface area contributed by atoms with Gasteiger partial charge in [0.1, 0.15) is 10.3 Å². The first-order valence-electron chi connectivity index (χ1n) is 4.91. The van der Waals surface area contributed by atoms with Crippen LogP contribution < -0.4 is 0 Å². The van der Waals surface area contributed by atoms with E-state index in [4.69, 9.17) is 5.11 Å². The summed E-state index contributed by atoms with van der Waals surface area (Å²) in [7, 11) is 0. The van der Waals surface area contributed by atoms with Crippen molar-refractivity contribution < 1.29 is 14.8 Å². The molecule has 92 valence electrons. The molecule has 1 aromatic heterocycles. The highest BCUT2D eigenvalue weighted by Gasteiger charge is 2.24. The number of carboxylic acids is 1. The van der Waals surface area contributed by atoms with E-state index in [0.717, 1.165) is 11.8 Å². The Morgan fingerprint density at radius 3 is 2.71 bits per heavy atom. The zero-order valence-electron chi connectivity index (χ0n) is 9.36. The topological polar surface area (TPSA) is 93.3 Å². The number of rotatable bonds is 5. The van der Waals surface area contributed by atoms with Gasteiger partial charge in [-0.1, -0.05) is 25.6 Å². The molecule has 0 radical (unpaired) electrons. The Kier molecular flexibility index (Phi) is 4.45. The van der Waals surface area contributed by atoms with Crippen LogP contribution in [0.2, 0.25) is 0 Å². The van der Waals surface area contributed by atoms with E-state index in [2.05, 4.69) is 4.98 Å². The van der Waals surface area contributed by atoms with Gasteiger partial charge in [0.25, 0.3) is 5.69 Å². The van der Waals surface area contributed by atoms with Gasteiger partial charge in [-0.3, -0.25) is 14.9 Å². The molecule has 0 bridgehead atoms. The Labute approximate surface area is 102 Å². The number of carboxylic acid groups (broad SMARTS) is 1. The number of nitrogens with zero attached hydrogens (tertiary/aromatic N) is 2. The second kappa shape index (κ2) is 5.62. The van der Waals surface area contributed by atoms with Crippen molar-refractivity contribution in [3.05, 3.63) is 28.4 Å². The van der Waals surface area contributed by atoms with Gasteiger partial charge in [-0.2, -0.15) is 0 Å². The number of hydrogen-bond donors (Lipinski definition) is 1. The van der Waals surface area contributed by atoms with E-state index in [1.165, 1.54) is 18.3 Å². The van der Waals surface area contributed by atoms with Crippen LogP contribution in [0.1, 0.15) is 13.8 Å². The Balaban J connectivity index is 2.90. The van der Waals surface area contributed by atoms with Gasteiger partial charge in [0.15, 0.2) is 0 Å². The molecule has 1 N–H and O–H groups in total. The third kappa shape index (κ3) is 3.70. The third-order valence-corrected chi connectivity index (χ3v) is 3.49. The molecule has 7 heteroatoms. The van der Waals surface area contributed by atoms with Crippen LogP contribution in [-0.2, 0) is 4.79 Å². The van der Waals surface area contributed by atoms with E-state index in [0.29, 0.717) is 5.03 Å². The summed E-state index contributed by atoms with van der Waals surface area (Å²) in [5.74, 6) is -1.03. The second-order valence-electron chi connectivity index (χ2n) is 3.73. The molecular weight excluding hydrogens is 244 g/mol. The van der Waals surface area contributed by atoms with Crippen LogP contribution in [-0.4, -0.2) is 26.2 Å². The number of aliphatic carboxylic acids is 1. The van der Waals surface area contributed by atoms with Gasteiger partial charge in [-0.05, 0) is 5.92 Å². The van der Waals surface area contributed by atoms with Gasteiger partial charge < -0.3 is 5.11 Å². The van der Waals surface area contributed by atoms with E-state index >= 15 is 0 Å². The van der Waals surface area contributed by atoms with Gasteiger partial charge >= 0.3 is 5.97 Å². The molecule has 0 saturated heterocycles. The number of nitro groups is 1. The number of hydrogen-bond acceptors (Lipinski definition) is 5. The first-order valence-corrected chi connectivity index (χ1v) is 5.79. The lowest BCUT2D eigenvalue weighted by molar-refractivity contribution is -0.385. The maximum absolute atomic E-state index is 11.0. The molecule has 1 aromatic rings. The van der Waals surface area contributed by atoms with E-state index < -0.39 is 16.1 Å². The van der Waals surface area contributed by atoms with Crippen LogP contribution in [0, 0.1) is 16.0 Å². The third-order valence-electron chi connectivity index (χ3n) is 2.03. The first kappa shape index (κ1) is 13.4. The lowest BCUT2D eigenvalue weighted by atomic mass is 10.1. The molecule has 6 nitrogen and oxygen atoms in total. The fraction of sp³-hybridized carbons (Fsp3) is 0.400. The molecule has 0 aromatic carbocycles. The van der Waals surface area contributed by atoms with Gasteiger partial charge in [-0.15, -0.1) is 0 Å². The fourth-order valence-electron chi connectivity index (χ4n) is 1.18. The molecule has 17 heavy (non-hydrogen) atoms. The quantitative estimate of drug-likeness (QED) is 0.493. The smallest absolute Gasteiger partial charge is 0.317 e. The van der Waals surface area contributed by atoms with E-state index in [1.807, 2.05) is 0 Å². The lowest BCUT2D eigenvalue weighted by Crippen LogP contribution is -2.22. The summed E-state index contributed by atoms with van der Waals surface area (Å²) in [5, 5.41) is 19.2. The highest BCUT2D eigenvalue weighted by molar-refractivity contribution is 8.00. The minimum absolute atomic E-state index is 0.0847. The van der Waals surface area contributed by atoms with Gasteiger partial charge in [-0.25, -0.2) is 4.98 Å². The number of thioether (sulfide) groups is 1. The molecule has 0 fully saturated rings. The van der Waals surface area contributed by atoms with Crippen LogP contribution in [0.4, 0.5) is 5.69 Å². The fourth-order valence-corrected chi connectivity index (χ4v) is 2.12. The summed E-state index contributed by atoms with van der Waals surface area (Å²) < 4.78 is 0. The summed E-state index contributed by atoms with van der Waals surface area (Å²) >= 11 is 1.02. The van der Waals surface area contributed by atoms with Crippen LogP contribution in [0.5, 0.6) is 0 Å². The standard InChI is InChI=1S/C10H12N2O4S/c1-6(2)9(10(13)14)17-8-5-7(12(15)16)3-4-11-8/h3-6,9H,1-2H3,(H,13,14). The van der Waals surface area contributed by atoms with Crippen LogP contribution >= 0.6 is 11.8 Å². The molecular formula is C10H12N2O4S. The predicted octanol–water partition coefficient (Wildman–Crippen LogP) is 2.19. The maximum Gasteiger partial charge on any atom is 0.317 e. The number of aromatic nitrogens is 1. The van der Waals surface area contributed by atoms with E-state index in [-0.39, 0.29) is 11.6 Å². The predicted molar refractivity (Wildman–Crippen MR) is 63.0 cm³/mol. The van der Waals surface area contributed by atoms with Gasteiger partial charge in [0.05, 0.1) is 4.92 Å². The average molecular weight is 256 g/mol. The monoisotopic (exact) mass is 256 g/mol. The molecule has 0 aliphatic rings. The van der Waals surface area contributed by atoms with Crippen LogP contribution in [0.25, 0.3) is 0 Å². The summed E-state index contributed by atoms with van der Waals surface area (Å²) in [5.41, 5.74) is -0.0876. The number of pyridine rings is 1. The minimum atomic E-state index is -0.946. The highest BCUT2D eigenvalue weighted by atomic mass is 32.2. The summed E-state index contributed by atoms with van der Waals surface area (Å²) in [6, 6.07) is 2.55. The molecule has 1 unspecified atom stereocenters. The SMILES string of the molecule is CC(C)C(Sc1cc([N+](=O)[O-])ccn1)C(=O)O. The molecule has 1 heterocycles. The van der Waals surface area contributed by atoms with Crippen molar-refractivity contribution in [3.8, 4) is 0 Å². The molecule has 0 spiro atoms. The molecule has 0 aliphatic heterocycles. The Bertz CT molecular complexity index is 436. The molecule has 0 aliphatic carbocycles. The molecule has 0 saturated carbocycles. The van der Waals surface area contributed by atoms with Crippen molar-refractivity contribution in [2.75, 3.05) is 0 Å². The van der Waals surface area contributed by atoms with Crippen molar-refractivity contribution in [2.45, 2.75) is 24.1 Å². The molecule has 1 rings (SSSR count). The van der Waals surface area contributed by atoms with E-state index in [1.54, 1.807) is 13.8 Å². The normalized spacial score (nSPS) is 12.4. The molecule has 1 atom stereocenters. The summed E-state index contributed by atoms with van der Waals surface area (Å²) in [6.45, 7) is 3.56. The van der Waals surface area contributed by atoms with Crippen molar-refractivity contribution in [1.82, 2.24) is 4.98 Å². The van der Waals surface area contributed by atoms with Gasteiger partial charge in [0, 0.05) is 18.3 Å². The largest absolute Gasteiger partial charge is 0.480 e. The summed E-state index contributed by atoms with van der Waals surface area (Å²) in [6.07, 6.45) is 1.31. The second-order valence-corrected chi connectivity index (χ2v) is 4.89. The van der Waals surface area contributed by atoms with Crippen molar-refractivity contribution in [1.29, 1.82) is 0 Å². The zero-order valence-corrected chi connectivity index (χ0v) is 10.2. The van der Waals surface area contributed by atoms with Crippen LogP contribution in [0.3, 0.4) is 0 Å². The lowest BCUT2D eigenvalue weighted by Gasteiger charge is -2.14. The van der Waals surface area contributed by atoms with Crippen molar-refractivity contribution in [3.63, 3.8) is 0 Å². The molecule has 0 amide bonds. The Morgan fingerprint density at radius 1 is 1.59 bits per heavy atom. The van der Waals surface area contributed by atoms with Crippen molar-refractivity contribution >= 4 is 23.4 Å². The van der Waals surface area contributed by atoms with Crippen molar-refractivity contribution in [2.24, 2.45) is 5.92 Å². The van der Waals surface area contributed by atoms with E-state index in [9.17, 15) is 14.9 Å². The number of carbonyl (C=O) groups is 1. The first-order chi connectivity index (χ1) is 7.91. The minimum Gasteiger partial charge on any atom is -0.480 e. The summed E-state index contributed by atoms with van der Waals surface area (Å²) in [4.78, 5) is 24.9. The van der Waals surface area contributed by atoms with Gasteiger partial charge in [0.2, 0.25) is 0 Å². The zero-order chi connectivity index (χ0) is 13.0. The maximum atomic E-state index is 11.0. The Morgan fingerprint density at radius 2 is 2.24 bits per heavy atom. The Hall–Kier alpha value is -1.63. The highest BCUT2D eigenvalue weighted by Crippen LogP contribution is 2.28. The van der Waals surface area contributed by atoms with Crippen LogP contribution in [0.15, 0.2) is 23.4 Å².